The quantitative estimate of drug-likeness (QED) is 0.345. The van der Waals surface area contributed by atoms with E-state index in [1.54, 1.807) is 6.07 Å². The number of aromatic amines is 1. The topological polar surface area (TPSA) is 128 Å². The van der Waals surface area contributed by atoms with Gasteiger partial charge in [-0.1, -0.05) is 60.7 Å². The zero-order valence-electron chi connectivity index (χ0n) is 18.8. The van der Waals surface area contributed by atoms with Crippen molar-refractivity contribution in [2.24, 2.45) is 0 Å². The number of carboxylic acid groups (broad SMARTS) is 1. The van der Waals surface area contributed by atoms with Crippen LogP contribution in [0, 0.1) is 0 Å². The third-order valence-corrected chi connectivity index (χ3v) is 5.40. The highest BCUT2D eigenvalue weighted by atomic mass is 16.4. The fourth-order valence-corrected chi connectivity index (χ4v) is 3.74. The first-order chi connectivity index (χ1) is 16.4. The smallest absolute Gasteiger partial charge is 0.326 e. The Labute approximate surface area is 197 Å². The van der Waals surface area contributed by atoms with Crippen LogP contribution in [-0.2, 0) is 9.59 Å². The highest BCUT2D eigenvalue weighted by Gasteiger charge is 2.23. The number of H-pyrrole nitrogens is 1. The van der Waals surface area contributed by atoms with Gasteiger partial charge in [0, 0.05) is 25.1 Å². The highest BCUT2D eigenvalue weighted by molar-refractivity contribution is 5.96. The SMILES string of the molecule is CC(=O)NCCC[C@H](NC(=O)c1ccc(C(c2ccccc2)c2ccccc2)[nH]c1=O)C(=O)O. The minimum atomic E-state index is -1.21. The first-order valence-corrected chi connectivity index (χ1v) is 11.0. The molecule has 3 rings (SSSR count). The molecule has 2 amide bonds. The normalized spacial score (nSPS) is 11.6. The van der Waals surface area contributed by atoms with Crippen LogP contribution in [-0.4, -0.2) is 40.5 Å². The van der Waals surface area contributed by atoms with Crippen LogP contribution in [0.3, 0.4) is 0 Å². The maximum Gasteiger partial charge on any atom is 0.326 e. The molecule has 1 aromatic heterocycles. The molecule has 3 aromatic rings. The molecule has 0 aliphatic rings. The lowest BCUT2D eigenvalue weighted by molar-refractivity contribution is -0.139. The largest absolute Gasteiger partial charge is 0.480 e. The minimum Gasteiger partial charge on any atom is -0.480 e. The van der Waals surface area contributed by atoms with Crippen LogP contribution in [0.25, 0.3) is 0 Å². The molecular weight excluding hydrogens is 434 g/mol. The number of hydrogen-bond donors (Lipinski definition) is 4. The zero-order chi connectivity index (χ0) is 24.5. The average Bonchev–Trinajstić information content (AvgIpc) is 2.82. The van der Waals surface area contributed by atoms with E-state index in [9.17, 15) is 24.3 Å². The summed E-state index contributed by atoms with van der Waals surface area (Å²) in [5, 5.41) is 14.4. The molecule has 176 valence electrons. The summed E-state index contributed by atoms with van der Waals surface area (Å²) in [7, 11) is 0. The van der Waals surface area contributed by atoms with E-state index >= 15 is 0 Å². The number of carbonyl (C=O) groups excluding carboxylic acids is 2. The number of nitrogens with one attached hydrogen (secondary N) is 3. The van der Waals surface area contributed by atoms with Crippen molar-refractivity contribution >= 4 is 17.8 Å². The lowest BCUT2D eigenvalue weighted by Crippen LogP contribution is -2.43. The minimum absolute atomic E-state index is 0.113. The maximum atomic E-state index is 12.8. The lowest BCUT2D eigenvalue weighted by atomic mass is 9.88. The van der Waals surface area contributed by atoms with Gasteiger partial charge in [-0.05, 0) is 36.1 Å². The maximum absolute atomic E-state index is 12.8. The van der Waals surface area contributed by atoms with Crippen molar-refractivity contribution in [2.75, 3.05) is 6.54 Å². The van der Waals surface area contributed by atoms with Crippen LogP contribution >= 0.6 is 0 Å². The van der Waals surface area contributed by atoms with Crippen LogP contribution in [0.4, 0.5) is 0 Å². The van der Waals surface area contributed by atoms with Gasteiger partial charge in [0.25, 0.3) is 11.5 Å². The summed E-state index contributed by atoms with van der Waals surface area (Å²) >= 11 is 0. The molecule has 0 saturated carbocycles. The van der Waals surface area contributed by atoms with E-state index in [0.29, 0.717) is 18.7 Å². The van der Waals surface area contributed by atoms with Crippen molar-refractivity contribution in [1.82, 2.24) is 15.6 Å². The van der Waals surface area contributed by atoms with E-state index in [2.05, 4.69) is 15.6 Å². The lowest BCUT2D eigenvalue weighted by Gasteiger charge is -2.19. The second-order valence-electron chi connectivity index (χ2n) is 7.90. The molecular formula is C26H27N3O5. The van der Waals surface area contributed by atoms with E-state index in [1.807, 2.05) is 60.7 Å². The second-order valence-corrected chi connectivity index (χ2v) is 7.90. The molecule has 2 aromatic carbocycles. The number of carbonyl (C=O) groups is 3. The van der Waals surface area contributed by atoms with Crippen molar-refractivity contribution in [2.45, 2.75) is 31.7 Å². The summed E-state index contributed by atoms with van der Waals surface area (Å²) in [6.45, 7) is 1.66. The van der Waals surface area contributed by atoms with Gasteiger partial charge in [0.2, 0.25) is 5.91 Å². The van der Waals surface area contributed by atoms with Crippen molar-refractivity contribution < 1.29 is 19.5 Å². The number of pyridine rings is 1. The van der Waals surface area contributed by atoms with Gasteiger partial charge in [0.05, 0.1) is 0 Å². The van der Waals surface area contributed by atoms with E-state index in [1.165, 1.54) is 13.0 Å². The van der Waals surface area contributed by atoms with E-state index < -0.39 is 23.5 Å². The van der Waals surface area contributed by atoms with Crippen LogP contribution in [0.1, 0.15) is 52.9 Å². The molecule has 0 spiro atoms. The Bertz CT molecular complexity index is 1150. The Morgan fingerprint density at radius 3 is 2.00 bits per heavy atom. The van der Waals surface area contributed by atoms with Gasteiger partial charge in [-0.25, -0.2) is 4.79 Å². The zero-order valence-corrected chi connectivity index (χ0v) is 18.8. The molecule has 4 N–H and O–H groups in total. The number of aliphatic carboxylic acids is 1. The van der Waals surface area contributed by atoms with Gasteiger partial charge >= 0.3 is 5.97 Å². The number of aromatic nitrogens is 1. The third kappa shape index (κ3) is 6.41. The van der Waals surface area contributed by atoms with Crippen LogP contribution in [0.2, 0.25) is 0 Å². The standard InChI is InChI=1S/C26H27N3O5/c1-17(30)27-16-8-13-22(26(33)34)29-25(32)20-14-15-21(28-24(20)31)23(18-9-4-2-5-10-18)19-11-6-3-7-12-19/h2-7,9-12,14-15,22-23H,8,13,16H2,1H3,(H,27,30)(H,28,31)(H,29,32)(H,33,34)/t22-/m0/s1. The fraction of sp³-hybridized carbons (Fsp3) is 0.231. The summed E-state index contributed by atoms with van der Waals surface area (Å²) in [6.07, 6.45) is 0.476. The Hall–Kier alpha value is -4.20. The van der Waals surface area contributed by atoms with Gasteiger partial charge in [-0.3, -0.25) is 14.4 Å². The van der Waals surface area contributed by atoms with Crippen molar-refractivity contribution in [1.29, 1.82) is 0 Å². The Balaban J connectivity index is 1.81. The Morgan fingerprint density at radius 1 is 0.912 bits per heavy atom. The van der Waals surface area contributed by atoms with Crippen molar-refractivity contribution in [3.05, 3.63) is 106 Å². The predicted molar refractivity (Wildman–Crippen MR) is 128 cm³/mol. The number of hydrogen-bond acceptors (Lipinski definition) is 4. The monoisotopic (exact) mass is 461 g/mol. The fourth-order valence-electron chi connectivity index (χ4n) is 3.74. The van der Waals surface area contributed by atoms with Crippen molar-refractivity contribution in [3.63, 3.8) is 0 Å². The first-order valence-electron chi connectivity index (χ1n) is 11.0. The predicted octanol–water partition coefficient (Wildman–Crippen LogP) is 2.65. The molecule has 8 nitrogen and oxygen atoms in total. The van der Waals surface area contributed by atoms with E-state index in [0.717, 1.165) is 11.1 Å². The number of benzene rings is 2. The summed E-state index contributed by atoms with van der Waals surface area (Å²) in [4.78, 5) is 50.8. The Kier molecular flexibility index (Phi) is 8.34. The van der Waals surface area contributed by atoms with E-state index in [4.69, 9.17) is 0 Å². The molecule has 34 heavy (non-hydrogen) atoms. The average molecular weight is 462 g/mol. The second kappa shape index (κ2) is 11.6. The van der Waals surface area contributed by atoms with Gasteiger partial charge in [0.15, 0.2) is 0 Å². The number of carboxylic acids is 1. The molecule has 1 heterocycles. The first kappa shape index (κ1) is 24.4. The van der Waals surface area contributed by atoms with Gasteiger partial charge in [0.1, 0.15) is 11.6 Å². The van der Waals surface area contributed by atoms with E-state index in [-0.39, 0.29) is 23.8 Å². The molecule has 0 bridgehead atoms. The molecule has 0 aliphatic heterocycles. The molecule has 0 saturated heterocycles. The van der Waals surface area contributed by atoms with Crippen molar-refractivity contribution in [3.8, 4) is 0 Å². The third-order valence-electron chi connectivity index (χ3n) is 5.40. The summed E-state index contributed by atoms with van der Waals surface area (Å²) in [5.74, 6) is -2.44. The summed E-state index contributed by atoms with van der Waals surface area (Å²) < 4.78 is 0. The molecule has 0 radical (unpaired) electrons. The van der Waals surface area contributed by atoms with Gasteiger partial charge in [-0.2, -0.15) is 0 Å². The van der Waals surface area contributed by atoms with Gasteiger partial charge < -0.3 is 20.7 Å². The highest BCUT2D eigenvalue weighted by Crippen LogP contribution is 2.30. The van der Waals surface area contributed by atoms with Crippen LogP contribution in [0.15, 0.2) is 77.6 Å². The van der Waals surface area contributed by atoms with Gasteiger partial charge in [-0.15, -0.1) is 0 Å². The number of amides is 2. The Morgan fingerprint density at radius 2 is 1.50 bits per heavy atom. The number of rotatable bonds is 10. The molecule has 0 unspecified atom stereocenters. The molecule has 1 atom stereocenters. The van der Waals surface area contributed by atoms with Crippen LogP contribution < -0.4 is 16.2 Å². The summed E-state index contributed by atoms with van der Waals surface area (Å²) in [6, 6.07) is 21.3. The summed E-state index contributed by atoms with van der Waals surface area (Å²) in [5.41, 5.74) is 1.80. The molecule has 0 aliphatic carbocycles. The molecule has 0 fully saturated rings. The molecule has 8 heteroatoms. The van der Waals surface area contributed by atoms with Crippen LogP contribution in [0.5, 0.6) is 0 Å².